The summed E-state index contributed by atoms with van der Waals surface area (Å²) in [5.41, 5.74) is 1.34. The number of fused-ring (bicyclic) bond motifs is 1. The predicted octanol–water partition coefficient (Wildman–Crippen LogP) is 1.96. The number of hydrogen-bond acceptors (Lipinski definition) is 6. The van der Waals surface area contributed by atoms with Gasteiger partial charge in [-0.3, -0.25) is 4.79 Å². The maximum Gasteiger partial charge on any atom is 0.239 e. The summed E-state index contributed by atoms with van der Waals surface area (Å²) in [5, 5.41) is 12.1. The topological polar surface area (TPSA) is 79.6 Å². The number of amides is 1. The van der Waals surface area contributed by atoms with E-state index < -0.39 is 0 Å². The van der Waals surface area contributed by atoms with Gasteiger partial charge < -0.3 is 5.32 Å². The van der Waals surface area contributed by atoms with E-state index in [0.29, 0.717) is 16.5 Å². The summed E-state index contributed by atoms with van der Waals surface area (Å²) in [6.07, 6.45) is 4.02. The van der Waals surface area contributed by atoms with Gasteiger partial charge in [-0.05, 0) is 30.7 Å². The van der Waals surface area contributed by atoms with Crippen molar-refractivity contribution in [3.63, 3.8) is 0 Å². The zero-order chi connectivity index (χ0) is 14.7. The molecule has 106 valence electrons. The van der Waals surface area contributed by atoms with Crippen LogP contribution in [0.5, 0.6) is 0 Å². The van der Waals surface area contributed by atoms with Crippen molar-refractivity contribution in [2.45, 2.75) is 18.6 Å². The average molecular weight is 299 g/mol. The molecule has 1 amide bonds. The minimum Gasteiger partial charge on any atom is -0.303 e. The Hall–Kier alpha value is -2.28. The third-order valence-electron chi connectivity index (χ3n) is 2.97. The van der Waals surface area contributed by atoms with Gasteiger partial charge in [0, 0.05) is 11.6 Å². The molecule has 1 saturated heterocycles. The van der Waals surface area contributed by atoms with Crippen molar-refractivity contribution in [2.24, 2.45) is 10.2 Å². The van der Waals surface area contributed by atoms with Crippen LogP contribution in [0.25, 0.3) is 11.0 Å². The smallest absolute Gasteiger partial charge is 0.239 e. The predicted molar refractivity (Wildman–Crippen MR) is 84.4 cm³/mol. The van der Waals surface area contributed by atoms with E-state index in [9.17, 15) is 4.79 Å². The molecule has 1 fully saturated rings. The molecule has 7 heteroatoms. The van der Waals surface area contributed by atoms with Crippen molar-refractivity contribution >= 4 is 40.1 Å². The minimum atomic E-state index is -0.0676. The van der Waals surface area contributed by atoms with E-state index in [2.05, 4.69) is 25.5 Å². The molecular weight excluding hydrogens is 286 g/mol. The van der Waals surface area contributed by atoms with E-state index in [4.69, 9.17) is 0 Å². The fraction of sp³-hybridized carbons (Fsp3) is 0.214. The molecule has 0 spiro atoms. The Kier molecular flexibility index (Phi) is 3.92. The van der Waals surface area contributed by atoms with Crippen LogP contribution in [0, 0.1) is 0 Å². The van der Waals surface area contributed by atoms with Gasteiger partial charge in [-0.2, -0.15) is 5.10 Å². The number of carbonyl (C=O) groups excluding carboxylic acids is 1. The van der Waals surface area contributed by atoms with Crippen molar-refractivity contribution in [1.82, 2.24) is 15.3 Å². The van der Waals surface area contributed by atoms with Gasteiger partial charge in [-0.1, -0.05) is 18.7 Å². The van der Waals surface area contributed by atoms with Crippen LogP contribution in [0.15, 0.2) is 40.7 Å². The molecule has 6 nitrogen and oxygen atoms in total. The third-order valence-corrected chi connectivity index (χ3v) is 4.21. The summed E-state index contributed by atoms with van der Waals surface area (Å²) in [4.78, 5) is 20.1. The number of nitrogens with one attached hydrogen (secondary N) is 1. The van der Waals surface area contributed by atoms with Gasteiger partial charge in [-0.25, -0.2) is 9.97 Å². The van der Waals surface area contributed by atoms with Gasteiger partial charge in [0.2, 0.25) is 5.91 Å². The molecule has 2 aromatic heterocycles. The maximum atomic E-state index is 11.5. The number of nitrogens with zero attached hydrogens (tertiary/aromatic N) is 4. The van der Waals surface area contributed by atoms with Crippen LogP contribution in [-0.2, 0) is 4.79 Å². The van der Waals surface area contributed by atoms with Crippen molar-refractivity contribution in [3.8, 4) is 0 Å². The lowest BCUT2D eigenvalue weighted by atomic mass is 10.2. The number of aromatic nitrogens is 2. The first-order chi connectivity index (χ1) is 10.3. The third kappa shape index (κ3) is 3.08. The molecule has 1 aliphatic rings. The van der Waals surface area contributed by atoms with Crippen LogP contribution in [-0.4, -0.2) is 32.5 Å². The van der Waals surface area contributed by atoms with Crippen LogP contribution in [0.2, 0.25) is 0 Å². The lowest BCUT2D eigenvalue weighted by molar-refractivity contribution is -0.118. The Balaban J connectivity index is 1.74. The lowest BCUT2D eigenvalue weighted by Crippen LogP contribution is -2.24. The summed E-state index contributed by atoms with van der Waals surface area (Å²) in [6, 6.07) is 7.60. The fourth-order valence-corrected chi connectivity index (χ4v) is 2.76. The quantitative estimate of drug-likeness (QED) is 0.694. The van der Waals surface area contributed by atoms with Gasteiger partial charge >= 0.3 is 0 Å². The Morgan fingerprint density at radius 2 is 2.33 bits per heavy atom. The zero-order valence-corrected chi connectivity index (χ0v) is 12.2. The molecule has 3 rings (SSSR count). The highest BCUT2D eigenvalue weighted by Crippen LogP contribution is 2.21. The number of rotatable bonds is 3. The second kappa shape index (κ2) is 6.01. The van der Waals surface area contributed by atoms with Gasteiger partial charge in [0.15, 0.2) is 10.8 Å². The van der Waals surface area contributed by atoms with Crippen molar-refractivity contribution < 1.29 is 4.79 Å². The van der Waals surface area contributed by atoms with Crippen LogP contribution >= 0.6 is 11.8 Å². The van der Waals surface area contributed by atoms with Crippen LogP contribution < -0.4 is 5.32 Å². The Labute approximate surface area is 125 Å². The second-order valence-electron chi connectivity index (χ2n) is 4.44. The normalized spacial score (nSPS) is 20.5. The molecule has 1 atom stereocenters. The molecule has 2 aromatic rings. The van der Waals surface area contributed by atoms with E-state index in [1.165, 1.54) is 11.8 Å². The first-order valence-electron chi connectivity index (χ1n) is 6.56. The molecule has 0 aromatic carbocycles. The van der Waals surface area contributed by atoms with E-state index >= 15 is 0 Å². The number of amidine groups is 1. The lowest BCUT2D eigenvalue weighted by Gasteiger charge is -1.96. The van der Waals surface area contributed by atoms with Gasteiger partial charge in [0.25, 0.3) is 0 Å². The minimum absolute atomic E-state index is 0.00974. The molecule has 0 aliphatic carbocycles. The number of thioether (sulfide) groups is 1. The summed E-state index contributed by atoms with van der Waals surface area (Å²) < 4.78 is 0. The van der Waals surface area contributed by atoms with Crippen LogP contribution in [0.3, 0.4) is 0 Å². The van der Waals surface area contributed by atoms with Crippen molar-refractivity contribution in [1.29, 1.82) is 0 Å². The molecule has 1 unspecified atom stereocenters. The Bertz CT molecular complexity index is 743. The Morgan fingerprint density at radius 3 is 3.14 bits per heavy atom. The summed E-state index contributed by atoms with van der Waals surface area (Å²) in [6.45, 7) is 1.97. The van der Waals surface area contributed by atoms with E-state index in [1.807, 2.05) is 31.2 Å². The standard InChI is InChI=1S/C14H13N5OS/c1-2-11-13(20)18-14(21-11)19-16-8-10-6-5-9-4-3-7-15-12(9)17-10/h3-8,11H,2H2,1H3,(H,18,19,20)/b16-8+. The number of pyridine rings is 2. The van der Waals surface area contributed by atoms with E-state index in [0.717, 1.165) is 11.8 Å². The number of carbonyl (C=O) groups is 1. The average Bonchev–Trinajstić information content (AvgIpc) is 2.87. The first-order valence-corrected chi connectivity index (χ1v) is 7.44. The second-order valence-corrected chi connectivity index (χ2v) is 5.63. The largest absolute Gasteiger partial charge is 0.303 e. The van der Waals surface area contributed by atoms with Gasteiger partial charge in [0.05, 0.1) is 17.2 Å². The summed E-state index contributed by atoms with van der Waals surface area (Å²) >= 11 is 1.40. The van der Waals surface area contributed by atoms with Crippen molar-refractivity contribution in [2.75, 3.05) is 0 Å². The van der Waals surface area contributed by atoms with Gasteiger partial charge in [-0.15, -0.1) is 5.10 Å². The SMILES string of the molecule is CCC1S/C(=N/N=C/c2ccc3cccnc3n2)NC1=O. The van der Waals surface area contributed by atoms with Crippen LogP contribution in [0.1, 0.15) is 19.0 Å². The first kappa shape index (κ1) is 13.7. The molecule has 0 bridgehead atoms. The van der Waals surface area contributed by atoms with E-state index in [1.54, 1.807) is 12.4 Å². The molecule has 1 aliphatic heterocycles. The maximum absolute atomic E-state index is 11.5. The Morgan fingerprint density at radius 1 is 1.43 bits per heavy atom. The highest BCUT2D eigenvalue weighted by molar-refractivity contribution is 8.15. The highest BCUT2D eigenvalue weighted by atomic mass is 32.2. The fourth-order valence-electron chi connectivity index (χ4n) is 1.90. The molecule has 21 heavy (non-hydrogen) atoms. The van der Waals surface area contributed by atoms with Crippen molar-refractivity contribution in [3.05, 3.63) is 36.2 Å². The van der Waals surface area contributed by atoms with E-state index in [-0.39, 0.29) is 11.2 Å². The molecule has 1 N–H and O–H groups in total. The molecule has 3 heterocycles. The molecule has 0 saturated carbocycles. The zero-order valence-electron chi connectivity index (χ0n) is 11.4. The molecular formula is C14H13N5OS. The molecule has 0 radical (unpaired) electrons. The van der Waals surface area contributed by atoms with Gasteiger partial charge in [0.1, 0.15) is 0 Å². The number of hydrogen-bond donors (Lipinski definition) is 1. The van der Waals surface area contributed by atoms with Crippen LogP contribution in [0.4, 0.5) is 0 Å². The summed E-state index contributed by atoms with van der Waals surface area (Å²) in [7, 11) is 0. The highest BCUT2D eigenvalue weighted by Gasteiger charge is 2.28. The summed E-state index contributed by atoms with van der Waals surface area (Å²) in [5.74, 6) is -0.00974. The monoisotopic (exact) mass is 299 g/mol.